The molecule has 0 amide bonds. The van der Waals surface area contributed by atoms with Gasteiger partial charge < -0.3 is 0 Å². The molecule has 0 radical (unpaired) electrons. The summed E-state index contributed by atoms with van der Waals surface area (Å²) in [5.41, 5.74) is 10.5. The van der Waals surface area contributed by atoms with Crippen LogP contribution in [0.4, 0.5) is 11.4 Å². The lowest BCUT2D eigenvalue weighted by Gasteiger charge is -2.25. The van der Waals surface area contributed by atoms with Crippen molar-refractivity contribution in [3.05, 3.63) is 116 Å². The van der Waals surface area contributed by atoms with Crippen LogP contribution in [-0.4, -0.2) is 11.4 Å². The number of alkyl halides is 1. The van der Waals surface area contributed by atoms with Gasteiger partial charge in [-0.3, -0.25) is 0 Å². The summed E-state index contributed by atoms with van der Waals surface area (Å²) in [4.78, 5) is 10.9. The van der Waals surface area contributed by atoms with Gasteiger partial charge in [-0.05, 0) is 79.1 Å². The number of benzene rings is 4. The topological polar surface area (TPSA) is 24.7 Å². The highest BCUT2D eigenvalue weighted by Crippen LogP contribution is 2.42. The first-order valence-corrected chi connectivity index (χ1v) is 14.4. The van der Waals surface area contributed by atoms with Crippen LogP contribution < -0.4 is 0 Å². The average Bonchev–Trinajstić information content (AvgIpc) is 2.87. The highest BCUT2D eigenvalue weighted by molar-refractivity contribution is 9.11. The Morgan fingerprint density at radius 3 is 1.47 bits per heavy atom. The summed E-state index contributed by atoms with van der Waals surface area (Å²) in [5.74, 6) is 0.333. The number of para-hydroxylation sites is 2. The summed E-state index contributed by atoms with van der Waals surface area (Å²) in [7, 11) is 0. The third-order valence-electron chi connectivity index (χ3n) is 6.41. The van der Waals surface area contributed by atoms with E-state index in [1.54, 1.807) is 0 Å². The number of rotatable bonds is 4. The third kappa shape index (κ3) is 4.69. The van der Waals surface area contributed by atoms with Gasteiger partial charge in [-0.2, -0.15) is 0 Å². The van der Waals surface area contributed by atoms with Crippen molar-refractivity contribution in [1.82, 2.24) is 0 Å². The Morgan fingerprint density at radius 2 is 0.972 bits per heavy atom. The molecule has 0 spiro atoms. The van der Waals surface area contributed by atoms with E-state index in [0.29, 0.717) is 5.92 Å². The Morgan fingerprint density at radius 1 is 0.528 bits per heavy atom. The maximum atomic E-state index is 5.46. The SMILES string of the molecule is CC(C)c1cccc(C(C)Br)c1/N=C1/C(=N/c2c(Br)cccc2Br)c2ccccc2-c2ccccc21. The molecule has 0 fully saturated rings. The predicted molar refractivity (Wildman–Crippen MR) is 164 cm³/mol. The highest BCUT2D eigenvalue weighted by Gasteiger charge is 2.28. The fourth-order valence-electron chi connectivity index (χ4n) is 4.65. The summed E-state index contributed by atoms with van der Waals surface area (Å²) in [6, 6.07) is 29.5. The first kappa shape index (κ1) is 25.3. The number of nitrogens with zero attached hydrogens (tertiary/aromatic N) is 2. The molecular weight excluding hydrogens is 640 g/mol. The second-order valence-corrected chi connectivity index (χ2v) is 12.2. The maximum absolute atomic E-state index is 5.46. The third-order valence-corrected chi connectivity index (χ3v) is 8.19. The fourth-order valence-corrected chi connectivity index (χ4v) is 6.19. The van der Waals surface area contributed by atoms with Crippen LogP contribution in [0.3, 0.4) is 0 Å². The van der Waals surface area contributed by atoms with Crippen LogP contribution in [0.25, 0.3) is 11.1 Å². The number of hydrogen-bond donors (Lipinski definition) is 0. The van der Waals surface area contributed by atoms with E-state index in [9.17, 15) is 0 Å². The van der Waals surface area contributed by atoms with Crippen LogP contribution in [0, 0.1) is 0 Å². The number of halogens is 3. The lowest BCUT2D eigenvalue weighted by Crippen LogP contribution is -2.23. The number of hydrogen-bond acceptors (Lipinski definition) is 2. The summed E-state index contributed by atoms with van der Waals surface area (Å²) in [6.07, 6.45) is 0. The molecule has 180 valence electrons. The van der Waals surface area contributed by atoms with Gasteiger partial charge in [0.05, 0.1) is 22.8 Å². The summed E-state index contributed by atoms with van der Waals surface area (Å²) < 4.78 is 1.86. The average molecular weight is 665 g/mol. The second kappa shape index (κ2) is 10.6. The van der Waals surface area contributed by atoms with Gasteiger partial charge in [0.25, 0.3) is 0 Å². The van der Waals surface area contributed by atoms with E-state index in [1.807, 2.05) is 18.2 Å². The van der Waals surface area contributed by atoms with Crippen molar-refractivity contribution in [2.75, 3.05) is 0 Å². The van der Waals surface area contributed by atoms with Crippen molar-refractivity contribution in [2.24, 2.45) is 9.98 Å². The Balaban J connectivity index is 1.89. The highest BCUT2D eigenvalue weighted by atomic mass is 79.9. The Labute approximate surface area is 238 Å². The van der Waals surface area contributed by atoms with Crippen LogP contribution in [0.15, 0.2) is 104 Å². The van der Waals surface area contributed by atoms with Gasteiger partial charge in [0, 0.05) is 24.9 Å². The number of aliphatic imine (C=N–C) groups is 2. The normalized spacial score (nSPS) is 15.8. The van der Waals surface area contributed by atoms with E-state index in [-0.39, 0.29) is 4.83 Å². The molecule has 1 aliphatic rings. The molecule has 0 heterocycles. The first-order valence-electron chi connectivity index (χ1n) is 11.9. The number of fused-ring (bicyclic) bond motifs is 3. The van der Waals surface area contributed by atoms with Crippen molar-refractivity contribution in [2.45, 2.75) is 31.5 Å². The zero-order valence-corrected chi connectivity index (χ0v) is 25.0. The lowest BCUT2D eigenvalue weighted by molar-refractivity contribution is 0.862. The van der Waals surface area contributed by atoms with E-state index in [2.05, 4.69) is 135 Å². The van der Waals surface area contributed by atoms with E-state index < -0.39 is 0 Å². The largest absolute Gasteiger partial charge is 0.245 e. The molecular formula is C31H25Br3N2. The second-order valence-electron chi connectivity index (χ2n) is 9.14. The lowest BCUT2D eigenvalue weighted by atomic mass is 9.82. The van der Waals surface area contributed by atoms with Crippen molar-refractivity contribution < 1.29 is 0 Å². The maximum Gasteiger partial charge on any atom is 0.0979 e. The molecule has 0 aliphatic heterocycles. The van der Waals surface area contributed by atoms with E-state index in [0.717, 1.165) is 42.9 Å². The standard InChI is InChI=1S/C31H25Br3N2/c1-18(2)20-14-8-15-21(19(3)32)28(20)35-29-24-12-6-4-10-22(24)23-11-5-7-13-25(23)30(29)36-31-26(33)16-9-17-27(31)34/h4-19H,1-3H3/b35-29+,36-30+. The van der Waals surface area contributed by atoms with Crippen LogP contribution in [0.2, 0.25) is 0 Å². The van der Waals surface area contributed by atoms with E-state index >= 15 is 0 Å². The molecule has 1 unspecified atom stereocenters. The fraction of sp³-hybridized carbons (Fsp3) is 0.161. The zero-order chi connectivity index (χ0) is 25.4. The summed E-state index contributed by atoms with van der Waals surface area (Å²) >= 11 is 11.2. The van der Waals surface area contributed by atoms with Gasteiger partial charge in [-0.25, -0.2) is 9.98 Å². The van der Waals surface area contributed by atoms with E-state index in [1.165, 1.54) is 22.3 Å². The van der Waals surface area contributed by atoms with Gasteiger partial charge in [-0.15, -0.1) is 0 Å². The van der Waals surface area contributed by atoms with Crippen molar-refractivity contribution >= 4 is 70.6 Å². The Hall–Kier alpha value is -2.34. The van der Waals surface area contributed by atoms with Crippen LogP contribution in [0.1, 0.15) is 53.8 Å². The van der Waals surface area contributed by atoms with Gasteiger partial charge in [0.15, 0.2) is 0 Å². The van der Waals surface area contributed by atoms with Gasteiger partial charge in [0.2, 0.25) is 0 Å². The molecule has 5 rings (SSSR count). The van der Waals surface area contributed by atoms with Crippen molar-refractivity contribution in [3.8, 4) is 11.1 Å². The Bertz CT molecular complexity index is 1470. The molecule has 0 N–H and O–H groups in total. The minimum absolute atomic E-state index is 0.166. The molecule has 1 atom stereocenters. The summed E-state index contributed by atoms with van der Waals surface area (Å²) in [5, 5.41) is 0. The van der Waals surface area contributed by atoms with Gasteiger partial charge >= 0.3 is 0 Å². The van der Waals surface area contributed by atoms with Gasteiger partial charge in [0.1, 0.15) is 0 Å². The van der Waals surface area contributed by atoms with E-state index in [4.69, 9.17) is 9.98 Å². The van der Waals surface area contributed by atoms with Crippen molar-refractivity contribution in [1.29, 1.82) is 0 Å². The molecule has 0 bridgehead atoms. The summed E-state index contributed by atoms with van der Waals surface area (Å²) in [6.45, 7) is 6.60. The first-order chi connectivity index (χ1) is 17.4. The Kier molecular flexibility index (Phi) is 7.43. The molecule has 4 aromatic rings. The molecule has 4 aromatic carbocycles. The molecule has 5 heteroatoms. The quantitative estimate of drug-likeness (QED) is 0.194. The van der Waals surface area contributed by atoms with Gasteiger partial charge in [-0.1, -0.05) is 103 Å². The van der Waals surface area contributed by atoms with Crippen LogP contribution in [-0.2, 0) is 0 Å². The molecule has 36 heavy (non-hydrogen) atoms. The van der Waals surface area contributed by atoms with Crippen molar-refractivity contribution in [3.63, 3.8) is 0 Å². The minimum Gasteiger partial charge on any atom is -0.245 e. The molecule has 0 saturated carbocycles. The van der Waals surface area contributed by atoms with Crippen LogP contribution in [0.5, 0.6) is 0 Å². The van der Waals surface area contributed by atoms with Crippen LogP contribution >= 0.6 is 47.8 Å². The predicted octanol–water partition coefficient (Wildman–Crippen LogP) is 10.7. The monoisotopic (exact) mass is 662 g/mol. The molecule has 2 nitrogen and oxygen atoms in total. The minimum atomic E-state index is 0.166. The molecule has 0 saturated heterocycles. The smallest absolute Gasteiger partial charge is 0.0979 e. The molecule has 1 aliphatic carbocycles. The zero-order valence-electron chi connectivity index (χ0n) is 20.3. The molecule has 0 aromatic heterocycles.